The summed E-state index contributed by atoms with van der Waals surface area (Å²) < 4.78 is 10.5. The maximum Gasteiger partial charge on any atom is 0.237 e. The number of rotatable bonds is 7. The maximum absolute atomic E-state index is 11.9. The fourth-order valence-electron chi connectivity index (χ4n) is 2.22. The van der Waals surface area contributed by atoms with Crippen LogP contribution in [0.3, 0.4) is 0 Å². The first-order chi connectivity index (χ1) is 10.2. The lowest BCUT2D eigenvalue weighted by molar-refractivity contribution is -0.123. The Hall–Kier alpha value is -1.63. The largest absolute Gasteiger partial charge is 0.491 e. The summed E-state index contributed by atoms with van der Waals surface area (Å²) in [6.45, 7) is 1.95. The molecular weight excluding hydrogens is 272 g/mol. The third kappa shape index (κ3) is 5.00. The van der Waals surface area contributed by atoms with E-state index in [2.05, 4.69) is 10.6 Å². The zero-order valence-electron chi connectivity index (χ0n) is 12.2. The number of hydrogen-bond acceptors (Lipinski definition) is 5. The van der Waals surface area contributed by atoms with Crippen LogP contribution in [0.4, 0.5) is 0 Å². The summed E-state index contributed by atoms with van der Waals surface area (Å²) in [6, 6.07) is 7.28. The van der Waals surface area contributed by atoms with E-state index in [0.717, 1.165) is 11.3 Å². The van der Waals surface area contributed by atoms with Gasteiger partial charge >= 0.3 is 0 Å². The number of nitrogens with one attached hydrogen (secondary N) is 2. The molecule has 2 rings (SSSR count). The number of amides is 1. The van der Waals surface area contributed by atoms with Gasteiger partial charge < -0.3 is 25.2 Å². The Morgan fingerprint density at radius 2 is 2.33 bits per heavy atom. The van der Waals surface area contributed by atoms with E-state index >= 15 is 0 Å². The van der Waals surface area contributed by atoms with Gasteiger partial charge in [0.2, 0.25) is 5.91 Å². The average molecular weight is 294 g/mol. The van der Waals surface area contributed by atoms with E-state index in [1.807, 2.05) is 24.3 Å². The number of carbonyl (C=O) groups is 1. The molecule has 1 fully saturated rings. The number of hydrogen-bond donors (Lipinski definition) is 3. The van der Waals surface area contributed by atoms with E-state index in [1.165, 1.54) is 0 Å². The molecule has 116 valence electrons. The Balaban J connectivity index is 1.79. The van der Waals surface area contributed by atoms with Crippen molar-refractivity contribution in [1.82, 2.24) is 10.6 Å². The summed E-state index contributed by atoms with van der Waals surface area (Å²) in [7, 11) is 1.63. The van der Waals surface area contributed by atoms with Crippen molar-refractivity contribution in [1.29, 1.82) is 0 Å². The van der Waals surface area contributed by atoms with Crippen molar-refractivity contribution < 1.29 is 19.4 Å². The highest BCUT2D eigenvalue weighted by atomic mass is 16.5. The van der Waals surface area contributed by atoms with Crippen LogP contribution in [0.25, 0.3) is 0 Å². The van der Waals surface area contributed by atoms with Crippen LogP contribution >= 0.6 is 0 Å². The molecule has 1 heterocycles. The smallest absolute Gasteiger partial charge is 0.237 e. The quantitative estimate of drug-likeness (QED) is 0.619. The minimum atomic E-state index is -0.432. The molecular formula is C15H22N2O4. The molecule has 3 N–H and O–H groups in total. The van der Waals surface area contributed by atoms with Crippen molar-refractivity contribution in [2.75, 3.05) is 26.9 Å². The standard InChI is InChI=1S/C15H22N2O4/c1-20-5-6-21-13-4-2-3-11(7-13)9-17-15(19)14-8-12(18)10-16-14/h2-4,7,12,14,16,18H,5-6,8-10H2,1H3,(H,17,19). The monoisotopic (exact) mass is 294 g/mol. The summed E-state index contributed by atoms with van der Waals surface area (Å²) in [4.78, 5) is 11.9. The number of carbonyl (C=O) groups excluding carboxylic acids is 1. The molecule has 0 bridgehead atoms. The summed E-state index contributed by atoms with van der Waals surface area (Å²) in [6.07, 6.45) is 0.0321. The van der Waals surface area contributed by atoms with Gasteiger partial charge in [-0.15, -0.1) is 0 Å². The van der Waals surface area contributed by atoms with E-state index in [0.29, 0.717) is 32.7 Å². The average Bonchev–Trinajstić information content (AvgIpc) is 2.92. The molecule has 0 aliphatic carbocycles. The molecule has 0 aromatic heterocycles. The summed E-state index contributed by atoms with van der Waals surface area (Å²) in [5.74, 6) is 0.672. The van der Waals surface area contributed by atoms with Crippen molar-refractivity contribution in [3.8, 4) is 5.75 Å². The Bertz CT molecular complexity index is 467. The number of ether oxygens (including phenoxy) is 2. The highest BCUT2D eigenvalue weighted by Crippen LogP contribution is 2.13. The molecule has 2 atom stereocenters. The number of methoxy groups -OCH3 is 1. The molecule has 1 aliphatic heterocycles. The molecule has 1 aliphatic rings. The van der Waals surface area contributed by atoms with Crippen LogP contribution in [-0.4, -0.2) is 50.0 Å². The molecule has 1 amide bonds. The fourth-order valence-corrected chi connectivity index (χ4v) is 2.22. The maximum atomic E-state index is 11.9. The highest BCUT2D eigenvalue weighted by molar-refractivity contribution is 5.82. The van der Waals surface area contributed by atoms with E-state index in [-0.39, 0.29) is 11.9 Å². The van der Waals surface area contributed by atoms with E-state index in [1.54, 1.807) is 7.11 Å². The second-order valence-electron chi connectivity index (χ2n) is 5.06. The SMILES string of the molecule is COCCOc1cccc(CNC(=O)C2CC(O)CN2)c1. The van der Waals surface area contributed by atoms with Gasteiger partial charge in [-0.25, -0.2) is 0 Å². The summed E-state index contributed by atoms with van der Waals surface area (Å²) in [5, 5.41) is 15.3. The van der Waals surface area contributed by atoms with E-state index in [9.17, 15) is 9.90 Å². The van der Waals surface area contributed by atoms with E-state index in [4.69, 9.17) is 9.47 Å². The van der Waals surface area contributed by atoms with Crippen molar-refractivity contribution in [2.45, 2.75) is 25.1 Å². The predicted molar refractivity (Wildman–Crippen MR) is 78.1 cm³/mol. The van der Waals surface area contributed by atoms with Crippen LogP contribution in [0, 0.1) is 0 Å². The molecule has 21 heavy (non-hydrogen) atoms. The normalized spacial score (nSPS) is 21.2. The van der Waals surface area contributed by atoms with Crippen LogP contribution in [-0.2, 0) is 16.1 Å². The molecule has 1 aromatic rings. The van der Waals surface area contributed by atoms with Gasteiger partial charge in [0.05, 0.1) is 18.8 Å². The molecule has 1 aromatic carbocycles. The second kappa shape index (κ2) is 7.97. The Labute approximate surface area is 124 Å². The molecule has 1 saturated heterocycles. The first kappa shape index (κ1) is 15.8. The lowest BCUT2D eigenvalue weighted by Gasteiger charge is -2.12. The van der Waals surface area contributed by atoms with Gasteiger partial charge in [-0.1, -0.05) is 12.1 Å². The van der Waals surface area contributed by atoms with Gasteiger partial charge in [0.25, 0.3) is 0 Å². The number of benzene rings is 1. The van der Waals surface area contributed by atoms with Crippen LogP contribution in [0.15, 0.2) is 24.3 Å². The first-order valence-electron chi connectivity index (χ1n) is 7.09. The van der Waals surface area contributed by atoms with Crippen molar-refractivity contribution in [3.63, 3.8) is 0 Å². The minimum Gasteiger partial charge on any atom is -0.491 e. The third-order valence-electron chi connectivity index (χ3n) is 3.35. The molecule has 2 unspecified atom stereocenters. The highest BCUT2D eigenvalue weighted by Gasteiger charge is 2.27. The summed E-state index contributed by atoms with van der Waals surface area (Å²) >= 11 is 0. The third-order valence-corrected chi connectivity index (χ3v) is 3.35. The molecule has 0 spiro atoms. The van der Waals surface area contributed by atoms with Crippen LogP contribution < -0.4 is 15.4 Å². The molecule has 0 radical (unpaired) electrons. The van der Waals surface area contributed by atoms with Crippen LogP contribution in [0.2, 0.25) is 0 Å². The Morgan fingerprint density at radius 3 is 3.05 bits per heavy atom. The number of aliphatic hydroxyl groups excluding tert-OH is 1. The van der Waals surface area contributed by atoms with Crippen molar-refractivity contribution in [3.05, 3.63) is 29.8 Å². The van der Waals surface area contributed by atoms with Crippen LogP contribution in [0.5, 0.6) is 5.75 Å². The summed E-state index contributed by atoms with van der Waals surface area (Å²) in [5.41, 5.74) is 0.969. The molecule has 6 heteroatoms. The van der Waals surface area contributed by atoms with Gasteiger partial charge in [0, 0.05) is 20.2 Å². The second-order valence-corrected chi connectivity index (χ2v) is 5.06. The first-order valence-corrected chi connectivity index (χ1v) is 7.09. The zero-order valence-corrected chi connectivity index (χ0v) is 12.2. The fraction of sp³-hybridized carbons (Fsp3) is 0.533. The minimum absolute atomic E-state index is 0.0859. The van der Waals surface area contributed by atoms with Crippen molar-refractivity contribution >= 4 is 5.91 Å². The predicted octanol–water partition coefficient (Wildman–Crippen LogP) is 0.0508. The number of aliphatic hydroxyl groups is 1. The van der Waals surface area contributed by atoms with Crippen LogP contribution in [0.1, 0.15) is 12.0 Å². The lowest BCUT2D eigenvalue weighted by Crippen LogP contribution is -2.39. The number of β-amino-alcohol motifs (C(OH)–C–C–N with tert-alkyl or cyclic N) is 1. The Kier molecular flexibility index (Phi) is 5.98. The van der Waals surface area contributed by atoms with Gasteiger partial charge in [-0.2, -0.15) is 0 Å². The van der Waals surface area contributed by atoms with Gasteiger partial charge in [0.1, 0.15) is 12.4 Å². The van der Waals surface area contributed by atoms with Gasteiger partial charge in [0.15, 0.2) is 0 Å². The molecule has 0 saturated carbocycles. The van der Waals surface area contributed by atoms with E-state index < -0.39 is 6.10 Å². The molecule has 6 nitrogen and oxygen atoms in total. The topological polar surface area (TPSA) is 79.8 Å². The Morgan fingerprint density at radius 1 is 1.48 bits per heavy atom. The lowest BCUT2D eigenvalue weighted by atomic mass is 10.1. The zero-order chi connectivity index (χ0) is 15.1. The van der Waals surface area contributed by atoms with Gasteiger partial charge in [-0.05, 0) is 24.1 Å². The van der Waals surface area contributed by atoms with Crippen molar-refractivity contribution in [2.24, 2.45) is 0 Å². The van der Waals surface area contributed by atoms with Gasteiger partial charge in [-0.3, -0.25) is 4.79 Å².